The first-order chi connectivity index (χ1) is 13.7. The predicted molar refractivity (Wildman–Crippen MR) is 107 cm³/mol. The van der Waals surface area contributed by atoms with Crippen molar-refractivity contribution in [2.45, 2.75) is 12.1 Å². The van der Waals surface area contributed by atoms with Gasteiger partial charge in [0.05, 0.1) is 11.9 Å². The van der Waals surface area contributed by atoms with E-state index in [1.165, 1.54) is 18.1 Å². The van der Waals surface area contributed by atoms with Crippen LogP contribution in [0.15, 0.2) is 66.2 Å². The van der Waals surface area contributed by atoms with Gasteiger partial charge in [-0.15, -0.1) is 5.10 Å². The lowest BCUT2D eigenvalue weighted by Gasteiger charge is -2.14. The van der Waals surface area contributed by atoms with Gasteiger partial charge in [0.1, 0.15) is 12.0 Å². The van der Waals surface area contributed by atoms with E-state index < -0.39 is 0 Å². The second-order valence-corrected chi connectivity index (χ2v) is 6.73. The van der Waals surface area contributed by atoms with Crippen LogP contribution in [0.1, 0.15) is 16.1 Å². The molecule has 0 unspecified atom stereocenters. The van der Waals surface area contributed by atoms with Crippen molar-refractivity contribution in [3.05, 3.63) is 72.3 Å². The Balaban J connectivity index is 1.69. The Morgan fingerprint density at radius 1 is 1.11 bits per heavy atom. The average Bonchev–Trinajstić information content (AvgIpc) is 3.40. The number of aromatic nitrogens is 6. The number of para-hydroxylation sites is 1. The lowest BCUT2D eigenvalue weighted by Crippen LogP contribution is -2.17. The second-order valence-electron chi connectivity index (χ2n) is 5.96. The Morgan fingerprint density at radius 3 is 2.64 bits per heavy atom. The van der Waals surface area contributed by atoms with Gasteiger partial charge in [0.2, 0.25) is 0 Å². The maximum Gasteiger partial charge on any atom is 0.274 e. The van der Waals surface area contributed by atoms with Crippen LogP contribution in [0.2, 0.25) is 0 Å². The van der Waals surface area contributed by atoms with Crippen LogP contribution in [0.4, 0.5) is 5.69 Å². The van der Waals surface area contributed by atoms with E-state index in [2.05, 4.69) is 25.8 Å². The Bertz CT molecular complexity index is 1110. The van der Waals surface area contributed by atoms with Crippen LogP contribution in [-0.4, -0.2) is 41.9 Å². The highest BCUT2D eigenvalue weighted by atomic mass is 32.2. The normalized spacial score (nSPS) is 10.8. The highest BCUT2D eigenvalue weighted by Crippen LogP contribution is 2.25. The van der Waals surface area contributed by atoms with Gasteiger partial charge in [0.15, 0.2) is 5.16 Å². The highest BCUT2D eigenvalue weighted by Gasteiger charge is 2.19. The largest absolute Gasteiger partial charge is 0.320 e. The molecule has 1 amide bonds. The number of carbonyl (C=O) groups excluding carboxylic acids is 1. The maximum absolute atomic E-state index is 13.1. The quantitative estimate of drug-likeness (QED) is 0.526. The molecule has 0 aliphatic carbocycles. The van der Waals surface area contributed by atoms with Crippen LogP contribution < -0.4 is 5.32 Å². The Morgan fingerprint density at radius 2 is 1.93 bits per heavy atom. The Hall–Kier alpha value is -3.46. The second kappa shape index (κ2) is 7.65. The van der Waals surface area contributed by atoms with Gasteiger partial charge in [-0.2, -0.15) is 0 Å². The number of thioether (sulfide) groups is 1. The Kier molecular flexibility index (Phi) is 4.90. The van der Waals surface area contributed by atoms with E-state index in [-0.39, 0.29) is 5.91 Å². The molecule has 0 bridgehead atoms. The fraction of sp³-hybridized carbons (Fsp3) is 0.105. The zero-order valence-corrected chi connectivity index (χ0v) is 16.1. The summed E-state index contributed by atoms with van der Waals surface area (Å²) < 4.78 is 3.41. The number of carbonyl (C=O) groups is 1. The van der Waals surface area contributed by atoms with Gasteiger partial charge in [-0.25, -0.2) is 9.67 Å². The molecule has 2 heterocycles. The predicted octanol–water partition coefficient (Wildman–Crippen LogP) is 3.13. The van der Waals surface area contributed by atoms with E-state index >= 15 is 0 Å². The molecule has 4 rings (SSSR count). The number of nitrogens with one attached hydrogen (secondary N) is 1. The summed E-state index contributed by atoms with van der Waals surface area (Å²) in [5.41, 5.74) is 3.68. The lowest BCUT2D eigenvalue weighted by molar-refractivity contribution is 0.102. The first-order valence-corrected chi connectivity index (χ1v) is 9.73. The van der Waals surface area contributed by atoms with Crippen molar-refractivity contribution in [1.29, 1.82) is 0 Å². The number of hydrogen-bond donors (Lipinski definition) is 1. The zero-order valence-electron chi connectivity index (χ0n) is 15.3. The lowest BCUT2D eigenvalue weighted by atomic mass is 10.1. The fourth-order valence-electron chi connectivity index (χ4n) is 2.93. The Labute approximate surface area is 165 Å². The standard InChI is InChI=1S/C19H17N7OS/c1-13-15(9-6-10-16(13)25-12-21-23-24-25)22-18(27)17-11-20-19(28-2)26(17)14-7-4-3-5-8-14/h3-12H,1-2H3,(H,22,27). The smallest absolute Gasteiger partial charge is 0.274 e. The van der Waals surface area contributed by atoms with Crippen LogP contribution in [0, 0.1) is 6.92 Å². The molecular weight excluding hydrogens is 374 g/mol. The van der Waals surface area contributed by atoms with Gasteiger partial charge in [0.25, 0.3) is 5.91 Å². The summed E-state index contributed by atoms with van der Waals surface area (Å²) in [7, 11) is 0. The topological polar surface area (TPSA) is 90.5 Å². The first kappa shape index (κ1) is 17.9. The van der Waals surface area contributed by atoms with Crippen molar-refractivity contribution in [1.82, 2.24) is 29.8 Å². The molecule has 4 aromatic rings. The van der Waals surface area contributed by atoms with E-state index in [1.807, 2.05) is 66.3 Å². The molecule has 9 heteroatoms. The minimum atomic E-state index is -0.242. The molecule has 28 heavy (non-hydrogen) atoms. The third-order valence-corrected chi connectivity index (χ3v) is 4.96. The molecule has 0 saturated carbocycles. The molecule has 2 aromatic heterocycles. The molecule has 1 N–H and O–H groups in total. The van der Waals surface area contributed by atoms with E-state index in [4.69, 9.17) is 0 Å². The van der Waals surface area contributed by atoms with Gasteiger partial charge in [0, 0.05) is 11.4 Å². The molecule has 0 aliphatic heterocycles. The van der Waals surface area contributed by atoms with Crippen LogP contribution in [0.5, 0.6) is 0 Å². The minimum absolute atomic E-state index is 0.242. The van der Waals surface area contributed by atoms with Crippen LogP contribution >= 0.6 is 11.8 Å². The van der Waals surface area contributed by atoms with Gasteiger partial charge in [-0.3, -0.25) is 9.36 Å². The molecule has 2 aromatic carbocycles. The number of rotatable bonds is 5. The van der Waals surface area contributed by atoms with Crippen molar-refractivity contribution in [3.8, 4) is 11.4 Å². The van der Waals surface area contributed by atoms with Crippen molar-refractivity contribution < 1.29 is 4.79 Å². The summed E-state index contributed by atoms with van der Waals surface area (Å²) in [4.78, 5) is 17.4. The summed E-state index contributed by atoms with van der Waals surface area (Å²) in [5.74, 6) is -0.242. The van der Waals surface area contributed by atoms with E-state index in [0.717, 1.165) is 22.1 Å². The third-order valence-electron chi connectivity index (χ3n) is 4.31. The maximum atomic E-state index is 13.1. The highest BCUT2D eigenvalue weighted by molar-refractivity contribution is 7.98. The number of anilines is 1. The van der Waals surface area contributed by atoms with E-state index in [0.29, 0.717) is 11.4 Å². The van der Waals surface area contributed by atoms with Gasteiger partial charge in [-0.1, -0.05) is 36.0 Å². The molecule has 0 atom stereocenters. The van der Waals surface area contributed by atoms with Gasteiger partial charge < -0.3 is 5.32 Å². The van der Waals surface area contributed by atoms with Crippen molar-refractivity contribution in [3.63, 3.8) is 0 Å². The van der Waals surface area contributed by atoms with Crippen LogP contribution in [0.25, 0.3) is 11.4 Å². The average molecular weight is 391 g/mol. The van der Waals surface area contributed by atoms with Crippen LogP contribution in [-0.2, 0) is 0 Å². The molecule has 0 radical (unpaired) electrons. The molecule has 140 valence electrons. The van der Waals surface area contributed by atoms with Gasteiger partial charge >= 0.3 is 0 Å². The molecule has 0 spiro atoms. The number of nitrogens with zero attached hydrogens (tertiary/aromatic N) is 6. The van der Waals surface area contributed by atoms with Crippen molar-refractivity contribution >= 4 is 23.4 Å². The summed E-state index contributed by atoms with van der Waals surface area (Å²) in [5, 5.41) is 15.0. The summed E-state index contributed by atoms with van der Waals surface area (Å²) in [6, 6.07) is 15.3. The van der Waals surface area contributed by atoms with Gasteiger partial charge in [-0.05, 0) is 53.4 Å². The monoisotopic (exact) mass is 391 g/mol. The zero-order chi connectivity index (χ0) is 19.5. The minimum Gasteiger partial charge on any atom is -0.320 e. The van der Waals surface area contributed by atoms with Crippen molar-refractivity contribution in [2.24, 2.45) is 0 Å². The number of imidazole rings is 1. The SMILES string of the molecule is CSc1ncc(C(=O)Nc2cccc(-n3cnnn3)c2C)n1-c1ccccc1. The molecule has 0 saturated heterocycles. The molecule has 8 nitrogen and oxygen atoms in total. The van der Waals surface area contributed by atoms with E-state index in [1.54, 1.807) is 10.9 Å². The number of benzene rings is 2. The van der Waals surface area contributed by atoms with Crippen LogP contribution in [0.3, 0.4) is 0 Å². The summed E-state index contributed by atoms with van der Waals surface area (Å²) in [6.45, 7) is 1.91. The molecular formula is C19H17N7OS. The summed E-state index contributed by atoms with van der Waals surface area (Å²) >= 11 is 1.49. The fourth-order valence-corrected chi connectivity index (χ4v) is 3.48. The number of hydrogen-bond acceptors (Lipinski definition) is 6. The number of tetrazole rings is 1. The molecule has 0 fully saturated rings. The first-order valence-electron chi connectivity index (χ1n) is 8.50. The summed E-state index contributed by atoms with van der Waals surface area (Å²) in [6.07, 6.45) is 5.04. The van der Waals surface area contributed by atoms with Crippen molar-refractivity contribution in [2.75, 3.05) is 11.6 Å². The number of amides is 1. The molecule has 0 aliphatic rings. The third kappa shape index (κ3) is 3.27. The van der Waals surface area contributed by atoms with E-state index in [9.17, 15) is 4.79 Å².